The lowest BCUT2D eigenvalue weighted by Gasteiger charge is -2.30. The van der Waals surface area contributed by atoms with Crippen molar-refractivity contribution in [2.24, 2.45) is 5.92 Å². The van der Waals surface area contributed by atoms with Gasteiger partial charge >= 0.3 is 5.97 Å². The molecule has 21 heavy (non-hydrogen) atoms. The third-order valence-corrected chi connectivity index (χ3v) is 5.39. The maximum atomic E-state index is 11.5. The van der Waals surface area contributed by atoms with Gasteiger partial charge in [0, 0.05) is 22.2 Å². The molecule has 3 nitrogen and oxygen atoms in total. The van der Waals surface area contributed by atoms with Crippen LogP contribution in [0.2, 0.25) is 10.0 Å². The van der Waals surface area contributed by atoms with Crippen molar-refractivity contribution in [3.63, 3.8) is 0 Å². The SMILES string of the molecule is COC(=O)C1CCN(CCSc2cc(Cl)ccc2Cl)CC1. The minimum atomic E-state index is -0.0743. The van der Waals surface area contributed by atoms with Crippen molar-refractivity contribution in [2.45, 2.75) is 17.7 Å². The summed E-state index contributed by atoms with van der Waals surface area (Å²) >= 11 is 13.8. The highest BCUT2D eigenvalue weighted by Gasteiger charge is 2.25. The van der Waals surface area contributed by atoms with Crippen molar-refractivity contribution in [2.75, 3.05) is 32.5 Å². The van der Waals surface area contributed by atoms with Crippen LogP contribution in [0, 0.1) is 5.92 Å². The Hall–Kier alpha value is -0.420. The molecule has 0 aliphatic carbocycles. The van der Waals surface area contributed by atoms with Gasteiger partial charge in [-0.15, -0.1) is 11.8 Å². The van der Waals surface area contributed by atoms with E-state index in [1.165, 1.54) is 7.11 Å². The molecule has 0 N–H and O–H groups in total. The van der Waals surface area contributed by atoms with Crippen LogP contribution in [0.15, 0.2) is 23.1 Å². The summed E-state index contributed by atoms with van der Waals surface area (Å²) in [7, 11) is 1.46. The van der Waals surface area contributed by atoms with Crippen LogP contribution >= 0.6 is 35.0 Å². The maximum absolute atomic E-state index is 11.5. The maximum Gasteiger partial charge on any atom is 0.308 e. The molecule has 0 aromatic heterocycles. The summed E-state index contributed by atoms with van der Waals surface area (Å²) in [5.41, 5.74) is 0. The average molecular weight is 348 g/mol. The number of carbonyl (C=O) groups excluding carboxylic acids is 1. The molecule has 0 amide bonds. The molecule has 0 atom stereocenters. The van der Waals surface area contributed by atoms with Crippen molar-refractivity contribution in [1.82, 2.24) is 4.90 Å². The van der Waals surface area contributed by atoms with Crippen molar-refractivity contribution in [3.8, 4) is 0 Å². The van der Waals surface area contributed by atoms with Gasteiger partial charge in [-0.1, -0.05) is 23.2 Å². The van der Waals surface area contributed by atoms with Gasteiger partial charge in [-0.05, 0) is 44.1 Å². The van der Waals surface area contributed by atoms with E-state index < -0.39 is 0 Å². The first-order valence-corrected chi connectivity index (χ1v) is 8.72. The van der Waals surface area contributed by atoms with Gasteiger partial charge in [0.15, 0.2) is 0 Å². The predicted molar refractivity (Wildman–Crippen MR) is 88.4 cm³/mol. The highest BCUT2D eigenvalue weighted by molar-refractivity contribution is 7.99. The van der Waals surface area contributed by atoms with Gasteiger partial charge in [0.25, 0.3) is 0 Å². The first kappa shape index (κ1) is 16.9. The number of likely N-dealkylation sites (tertiary alicyclic amines) is 1. The molecule has 6 heteroatoms. The zero-order valence-corrected chi connectivity index (χ0v) is 14.3. The Morgan fingerprint density at radius 2 is 2.10 bits per heavy atom. The minimum absolute atomic E-state index is 0.0706. The number of piperidine rings is 1. The standard InChI is InChI=1S/C15H19Cl2NO2S/c1-20-15(19)11-4-6-18(7-5-11)8-9-21-14-10-12(16)2-3-13(14)17/h2-3,10-11H,4-9H2,1H3. The van der Waals surface area contributed by atoms with E-state index in [2.05, 4.69) is 4.90 Å². The monoisotopic (exact) mass is 347 g/mol. The molecule has 0 spiro atoms. The first-order valence-electron chi connectivity index (χ1n) is 6.98. The third-order valence-electron chi connectivity index (χ3n) is 3.68. The minimum Gasteiger partial charge on any atom is -0.469 e. The highest BCUT2D eigenvalue weighted by atomic mass is 35.5. The van der Waals surface area contributed by atoms with Crippen molar-refractivity contribution in [1.29, 1.82) is 0 Å². The zero-order valence-electron chi connectivity index (χ0n) is 12.0. The van der Waals surface area contributed by atoms with Gasteiger partial charge in [0.2, 0.25) is 0 Å². The van der Waals surface area contributed by atoms with Gasteiger partial charge in [-0.2, -0.15) is 0 Å². The lowest BCUT2D eigenvalue weighted by atomic mass is 9.97. The molecule has 1 aromatic carbocycles. The summed E-state index contributed by atoms with van der Waals surface area (Å²) in [5.74, 6) is 0.958. The van der Waals surface area contributed by atoms with E-state index in [4.69, 9.17) is 27.9 Å². The lowest BCUT2D eigenvalue weighted by molar-refractivity contribution is -0.147. The van der Waals surface area contributed by atoms with Crippen LogP contribution < -0.4 is 0 Å². The summed E-state index contributed by atoms with van der Waals surface area (Å²) < 4.78 is 4.80. The molecule has 1 aliphatic rings. The predicted octanol–water partition coefficient (Wildman–Crippen LogP) is 3.97. The molecule has 116 valence electrons. The molecule has 1 saturated heterocycles. The second-order valence-electron chi connectivity index (χ2n) is 5.06. The number of benzene rings is 1. The molecule has 1 heterocycles. The van der Waals surface area contributed by atoms with Crippen LogP contribution in [0.1, 0.15) is 12.8 Å². The number of hydrogen-bond acceptors (Lipinski definition) is 4. The topological polar surface area (TPSA) is 29.5 Å². The smallest absolute Gasteiger partial charge is 0.308 e. The fourth-order valence-electron chi connectivity index (χ4n) is 2.43. The second-order valence-corrected chi connectivity index (χ2v) is 7.04. The van der Waals surface area contributed by atoms with Crippen molar-refractivity contribution in [3.05, 3.63) is 28.2 Å². The van der Waals surface area contributed by atoms with Crippen molar-refractivity contribution < 1.29 is 9.53 Å². The number of rotatable bonds is 5. The third kappa shape index (κ3) is 5.06. The molecule has 1 aromatic rings. The molecule has 1 fully saturated rings. The Kier molecular flexibility index (Phi) is 6.68. The van der Waals surface area contributed by atoms with Gasteiger partial charge in [-0.3, -0.25) is 4.79 Å². The number of hydrogen-bond donors (Lipinski definition) is 0. The van der Waals surface area contributed by atoms with E-state index in [9.17, 15) is 4.79 Å². The number of halogens is 2. The molecule has 0 unspecified atom stereocenters. The van der Waals surface area contributed by atoms with E-state index >= 15 is 0 Å². The van der Waals surface area contributed by atoms with Crippen LogP contribution in [-0.4, -0.2) is 43.4 Å². The number of thioether (sulfide) groups is 1. The largest absolute Gasteiger partial charge is 0.469 e. The van der Waals surface area contributed by atoms with E-state index in [1.54, 1.807) is 17.8 Å². The Morgan fingerprint density at radius 3 is 2.76 bits per heavy atom. The van der Waals surface area contributed by atoms with Crippen LogP contribution in [0.3, 0.4) is 0 Å². The summed E-state index contributed by atoms with van der Waals surface area (Å²) in [4.78, 5) is 14.9. The molecule has 2 rings (SSSR count). The fraction of sp³-hybridized carbons (Fsp3) is 0.533. The first-order chi connectivity index (χ1) is 10.1. The van der Waals surface area contributed by atoms with Crippen LogP contribution in [-0.2, 0) is 9.53 Å². The Morgan fingerprint density at radius 1 is 1.38 bits per heavy atom. The Balaban J connectivity index is 1.73. The van der Waals surface area contributed by atoms with Gasteiger partial charge in [-0.25, -0.2) is 0 Å². The van der Waals surface area contributed by atoms with Crippen LogP contribution in [0.5, 0.6) is 0 Å². The lowest BCUT2D eigenvalue weighted by Crippen LogP contribution is -2.37. The zero-order chi connectivity index (χ0) is 15.2. The molecule has 0 radical (unpaired) electrons. The Bertz CT molecular complexity index is 491. The summed E-state index contributed by atoms with van der Waals surface area (Å²) in [6.45, 7) is 2.88. The number of nitrogens with zero attached hydrogens (tertiary/aromatic N) is 1. The highest BCUT2D eigenvalue weighted by Crippen LogP contribution is 2.30. The van der Waals surface area contributed by atoms with Gasteiger partial charge in [0.1, 0.15) is 0 Å². The normalized spacial score (nSPS) is 16.9. The molecular weight excluding hydrogens is 329 g/mol. The molecular formula is C15H19Cl2NO2S. The van der Waals surface area contributed by atoms with E-state index in [0.717, 1.165) is 48.1 Å². The van der Waals surface area contributed by atoms with Crippen molar-refractivity contribution >= 4 is 40.9 Å². The summed E-state index contributed by atoms with van der Waals surface area (Å²) in [5, 5.41) is 1.45. The van der Waals surface area contributed by atoms with E-state index in [0.29, 0.717) is 5.02 Å². The van der Waals surface area contributed by atoms with Crippen LogP contribution in [0.25, 0.3) is 0 Å². The number of ether oxygens (including phenoxy) is 1. The van der Waals surface area contributed by atoms with E-state index in [-0.39, 0.29) is 11.9 Å². The molecule has 0 saturated carbocycles. The number of methoxy groups -OCH3 is 1. The quantitative estimate of drug-likeness (QED) is 0.595. The summed E-state index contributed by atoms with van der Waals surface area (Å²) in [6.07, 6.45) is 1.77. The van der Waals surface area contributed by atoms with Gasteiger partial charge < -0.3 is 9.64 Å². The van der Waals surface area contributed by atoms with Crippen LogP contribution in [0.4, 0.5) is 0 Å². The average Bonchev–Trinajstić information content (AvgIpc) is 2.50. The summed E-state index contributed by atoms with van der Waals surface area (Å²) in [6, 6.07) is 5.53. The van der Waals surface area contributed by atoms with Gasteiger partial charge in [0.05, 0.1) is 18.1 Å². The molecule has 1 aliphatic heterocycles. The second kappa shape index (κ2) is 8.28. The fourth-order valence-corrected chi connectivity index (χ4v) is 3.94. The number of esters is 1. The van der Waals surface area contributed by atoms with E-state index in [1.807, 2.05) is 12.1 Å². The Labute approximate surface area is 139 Å². The molecule has 0 bridgehead atoms. The number of carbonyl (C=O) groups is 1.